The summed E-state index contributed by atoms with van der Waals surface area (Å²) in [7, 11) is 5.14. The van der Waals surface area contributed by atoms with E-state index in [0.29, 0.717) is 18.2 Å². The molecular formula is C25H36N4O2S2. The van der Waals surface area contributed by atoms with E-state index in [0.717, 1.165) is 41.5 Å². The smallest absolute Gasteiger partial charge is 0.241 e. The second-order valence-electron chi connectivity index (χ2n) is 8.96. The van der Waals surface area contributed by atoms with Gasteiger partial charge in [-0.1, -0.05) is 72.7 Å². The van der Waals surface area contributed by atoms with Crippen LogP contribution in [0.1, 0.15) is 57.3 Å². The van der Waals surface area contributed by atoms with Crippen LogP contribution < -0.4 is 10.5 Å². The van der Waals surface area contributed by atoms with Crippen LogP contribution in [0.25, 0.3) is 11.3 Å². The van der Waals surface area contributed by atoms with Gasteiger partial charge in [0.05, 0.1) is 24.9 Å². The average Bonchev–Trinajstić information content (AvgIpc) is 3.29. The lowest BCUT2D eigenvalue weighted by Gasteiger charge is -2.39. The van der Waals surface area contributed by atoms with E-state index < -0.39 is 6.04 Å². The fourth-order valence-electron chi connectivity index (χ4n) is 5.10. The number of benzene rings is 1. The molecule has 2 N–H and O–H groups in total. The first-order valence-corrected chi connectivity index (χ1v) is 14.6. The minimum absolute atomic E-state index is 0.0207. The van der Waals surface area contributed by atoms with E-state index in [1.807, 2.05) is 29.2 Å². The van der Waals surface area contributed by atoms with E-state index in [-0.39, 0.29) is 11.9 Å². The van der Waals surface area contributed by atoms with Crippen LogP contribution in [0.5, 0.6) is 5.75 Å². The molecule has 0 spiro atoms. The number of para-hydroxylation sites is 1. The number of rotatable bonds is 9. The molecule has 180 valence electrons. The quantitative estimate of drug-likeness (QED) is 0.389. The Morgan fingerprint density at radius 1 is 1.21 bits per heavy atom. The van der Waals surface area contributed by atoms with Crippen molar-refractivity contribution in [3.05, 3.63) is 36.3 Å². The summed E-state index contributed by atoms with van der Waals surface area (Å²) in [5.74, 6) is 4.17. The fraction of sp³-hybridized carbons (Fsp3) is 0.600. The molecule has 4 rings (SSSR count). The van der Waals surface area contributed by atoms with E-state index in [1.54, 1.807) is 28.7 Å². The molecule has 8 heteroatoms. The van der Waals surface area contributed by atoms with Gasteiger partial charge >= 0.3 is 0 Å². The number of amides is 1. The lowest BCUT2D eigenvalue weighted by atomic mass is 9.84. The summed E-state index contributed by atoms with van der Waals surface area (Å²) >= 11 is 0. The van der Waals surface area contributed by atoms with E-state index in [1.165, 1.54) is 32.1 Å². The minimum atomic E-state index is -0.474. The van der Waals surface area contributed by atoms with Crippen molar-refractivity contribution in [3.63, 3.8) is 0 Å². The van der Waals surface area contributed by atoms with Crippen molar-refractivity contribution < 1.29 is 9.53 Å². The predicted molar refractivity (Wildman–Crippen MR) is 138 cm³/mol. The maximum absolute atomic E-state index is 13.5. The summed E-state index contributed by atoms with van der Waals surface area (Å²) in [6.45, 7) is 3.55. The molecule has 1 amide bonds. The van der Waals surface area contributed by atoms with Crippen LogP contribution in [0.4, 0.5) is 0 Å². The van der Waals surface area contributed by atoms with Crippen LogP contribution in [-0.2, 0) is 11.3 Å². The number of hydrogen-bond acceptors (Lipinski definition) is 6. The Kier molecular flexibility index (Phi) is 8.66. The minimum Gasteiger partial charge on any atom is -0.496 e. The summed E-state index contributed by atoms with van der Waals surface area (Å²) in [4.78, 5) is 20.6. The Bertz CT molecular complexity index is 929. The number of imidazole rings is 1. The second kappa shape index (κ2) is 11.7. The molecule has 2 aromatic rings. The summed E-state index contributed by atoms with van der Waals surface area (Å²) in [6, 6.07) is 7.50. The van der Waals surface area contributed by atoms with Crippen LogP contribution in [0.15, 0.2) is 30.5 Å². The molecule has 2 heterocycles. The van der Waals surface area contributed by atoms with Gasteiger partial charge in [-0.15, -0.1) is 0 Å². The molecule has 1 aliphatic carbocycles. The van der Waals surface area contributed by atoms with Gasteiger partial charge in [0.2, 0.25) is 5.91 Å². The van der Waals surface area contributed by atoms with Crippen molar-refractivity contribution >= 4 is 27.5 Å². The van der Waals surface area contributed by atoms with Crippen LogP contribution in [0.2, 0.25) is 0 Å². The third kappa shape index (κ3) is 5.72. The monoisotopic (exact) mass is 488 g/mol. The highest BCUT2D eigenvalue weighted by Gasteiger charge is 2.37. The molecule has 2 aliphatic rings. The normalized spacial score (nSPS) is 19.8. The van der Waals surface area contributed by atoms with E-state index in [9.17, 15) is 4.79 Å². The maximum Gasteiger partial charge on any atom is 0.241 e. The van der Waals surface area contributed by atoms with E-state index in [2.05, 4.69) is 17.7 Å². The van der Waals surface area contributed by atoms with Crippen LogP contribution in [0, 0.1) is 5.92 Å². The Morgan fingerprint density at radius 2 is 2.00 bits per heavy atom. The Hall–Kier alpha value is -1.64. The van der Waals surface area contributed by atoms with Crippen LogP contribution >= 0.6 is 21.6 Å². The topological polar surface area (TPSA) is 73.4 Å². The molecule has 0 saturated heterocycles. The number of nitrogens with zero attached hydrogens (tertiary/aromatic N) is 3. The number of aromatic nitrogens is 2. The van der Waals surface area contributed by atoms with Gasteiger partial charge in [-0.3, -0.25) is 4.79 Å². The molecule has 1 aliphatic heterocycles. The SMILES string of the molecule is CCSSC[C@H](N)C(=O)N1CCn2cc(-c3ccccc3OC)nc2[C@@H]1CC1CCCCC1. The zero-order valence-corrected chi connectivity index (χ0v) is 21.4. The number of nitrogens with two attached hydrogens (primary N) is 1. The van der Waals surface area contributed by atoms with Gasteiger partial charge in [-0.25, -0.2) is 4.98 Å². The van der Waals surface area contributed by atoms with Gasteiger partial charge in [0.1, 0.15) is 11.6 Å². The number of fused-ring (bicyclic) bond motifs is 1. The van der Waals surface area contributed by atoms with Gasteiger partial charge in [0, 0.05) is 36.4 Å². The molecular weight excluding hydrogens is 452 g/mol. The highest BCUT2D eigenvalue weighted by molar-refractivity contribution is 8.76. The first kappa shape index (κ1) is 24.5. The molecule has 2 atom stereocenters. The number of hydrogen-bond donors (Lipinski definition) is 1. The molecule has 1 aromatic carbocycles. The van der Waals surface area contributed by atoms with Gasteiger partial charge in [-0.05, 0) is 24.5 Å². The second-order valence-corrected chi connectivity index (χ2v) is 11.8. The standard InChI is InChI=1S/C25H36N4O2S2/c1-3-32-33-17-20(26)25(30)29-14-13-28-16-21(19-11-7-8-12-23(19)31-2)27-24(28)22(29)15-18-9-5-4-6-10-18/h7-8,11-12,16,18,20,22H,3-6,9-10,13-15,17,26H2,1-2H3/t20-,22-/m0/s1. The zero-order chi connectivity index (χ0) is 23.2. The van der Waals surface area contributed by atoms with Crippen molar-refractivity contribution in [1.82, 2.24) is 14.5 Å². The molecule has 6 nitrogen and oxygen atoms in total. The van der Waals surface area contributed by atoms with Crippen LogP contribution in [-0.4, -0.2) is 51.6 Å². The lowest BCUT2D eigenvalue weighted by molar-refractivity contribution is -0.136. The van der Waals surface area contributed by atoms with Crippen molar-refractivity contribution in [2.75, 3.05) is 25.2 Å². The summed E-state index contributed by atoms with van der Waals surface area (Å²) in [5, 5.41) is 0. The van der Waals surface area contributed by atoms with Crippen molar-refractivity contribution in [2.45, 2.75) is 64.1 Å². The molecule has 0 radical (unpaired) electrons. The Balaban J connectivity index is 1.62. The number of carbonyl (C=O) groups excluding carboxylic acids is 1. The molecule has 0 bridgehead atoms. The first-order chi connectivity index (χ1) is 16.1. The molecule has 1 aromatic heterocycles. The van der Waals surface area contributed by atoms with Gasteiger partial charge in [0.15, 0.2) is 0 Å². The average molecular weight is 489 g/mol. The third-order valence-corrected chi connectivity index (χ3v) is 9.29. The number of methoxy groups -OCH3 is 1. The van der Waals surface area contributed by atoms with Crippen molar-refractivity contribution in [2.24, 2.45) is 11.7 Å². The highest BCUT2D eigenvalue weighted by Crippen LogP contribution is 2.39. The van der Waals surface area contributed by atoms with Crippen molar-refractivity contribution in [3.8, 4) is 17.0 Å². The highest BCUT2D eigenvalue weighted by atomic mass is 33.1. The zero-order valence-electron chi connectivity index (χ0n) is 19.7. The first-order valence-electron chi connectivity index (χ1n) is 12.1. The number of ether oxygens (including phenoxy) is 1. The fourth-order valence-corrected chi connectivity index (χ4v) is 6.88. The summed E-state index contributed by atoms with van der Waals surface area (Å²) in [6.07, 6.45) is 9.48. The third-order valence-electron chi connectivity index (χ3n) is 6.78. The maximum atomic E-state index is 13.5. The molecule has 1 fully saturated rings. The van der Waals surface area contributed by atoms with Crippen LogP contribution in [0.3, 0.4) is 0 Å². The molecule has 0 unspecified atom stereocenters. The lowest BCUT2D eigenvalue weighted by Crippen LogP contribution is -2.50. The molecule has 33 heavy (non-hydrogen) atoms. The Labute approximate surface area is 205 Å². The Morgan fingerprint density at radius 3 is 2.76 bits per heavy atom. The van der Waals surface area contributed by atoms with Gasteiger partial charge in [0.25, 0.3) is 0 Å². The van der Waals surface area contributed by atoms with Gasteiger partial charge in [-0.2, -0.15) is 0 Å². The van der Waals surface area contributed by atoms with E-state index >= 15 is 0 Å². The summed E-state index contributed by atoms with van der Waals surface area (Å²) in [5.41, 5.74) is 8.26. The van der Waals surface area contributed by atoms with E-state index in [4.69, 9.17) is 15.5 Å². The molecule has 1 saturated carbocycles. The predicted octanol–water partition coefficient (Wildman–Crippen LogP) is 5.14. The van der Waals surface area contributed by atoms with Crippen molar-refractivity contribution in [1.29, 1.82) is 0 Å². The van der Waals surface area contributed by atoms with Gasteiger partial charge < -0.3 is 19.9 Å². The summed E-state index contributed by atoms with van der Waals surface area (Å²) < 4.78 is 7.83. The largest absolute Gasteiger partial charge is 0.496 e. The number of carbonyl (C=O) groups is 1.